The van der Waals surface area contributed by atoms with Crippen molar-refractivity contribution >= 4 is 11.7 Å². The highest BCUT2D eigenvalue weighted by atomic mass is 15.2. The molecule has 0 saturated heterocycles. The quantitative estimate of drug-likeness (QED) is 0.635. The summed E-state index contributed by atoms with van der Waals surface area (Å²) < 4.78 is 0. The molecule has 18 heavy (non-hydrogen) atoms. The number of nitrogens with two attached hydrogens (primary N) is 1. The van der Waals surface area contributed by atoms with Crippen molar-refractivity contribution in [1.82, 2.24) is 4.98 Å². The zero-order chi connectivity index (χ0) is 13.1. The van der Waals surface area contributed by atoms with Gasteiger partial charge in [-0.15, -0.1) is 0 Å². The number of nitrogens with one attached hydrogen (secondary N) is 1. The highest BCUT2D eigenvalue weighted by Gasteiger charge is 2.22. The van der Waals surface area contributed by atoms with E-state index >= 15 is 0 Å². The van der Waals surface area contributed by atoms with Gasteiger partial charge in [0.15, 0.2) is 0 Å². The van der Waals surface area contributed by atoms with Crippen LogP contribution in [0.15, 0.2) is 18.3 Å². The van der Waals surface area contributed by atoms with Crippen LogP contribution in [0.25, 0.3) is 0 Å². The molecule has 2 rings (SSSR count). The third-order valence-electron chi connectivity index (χ3n) is 3.95. The van der Waals surface area contributed by atoms with Gasteiger partial charge in [0.1, 0.15) is 11.7 Å². The maximum atomic E-state index is 7.48. The Labute approximate surface area is 109 Å². The average molecular weight is 246 g/mol. The van der Waals surface area contributed by atoms with Crippen molar-refractivity contribution in [3.8, 4) is 0 Å². The van der Waals surface area contributed by atoms with Gasteiger partial charge in [0.25, 0.3) is 0 Å². The molecule has 3 N–H and O–H groups in total. The summed E-state index contributed by atoms with van der Waals surface area (Å²) in [5.74, 6) is 1.87. The van der Waals surface area contributed by atoms with E-state index in [1.165, 1.54) is 25.7 Å². The summed E-state index contributed by atoms with van der Waals surface area (Å²) in [5, 5.41) is 7.48. The van der Waals surface area contributed by atoms with Crippen LogP contribution in [-0.4, -0.2) is 23.9 Å². The number of aromatic nitrogens is 1. The molecule has 1 aromatic rings. The molecule has 0 bridgehead atoms. The highest BCUT2D eigenvalue weighted by Crippen LogP contribution is 2.28. The first kappa shape index (κ1) is 12.9. The lowest BCUT2D eigenvalue weighted by Crippen LogP contribution is -2.35. The zero-order valence-corrected chi connectivity index (χ0v) is 11.2. The van der Waals surface area contributed by atoms with Gasteiger partial charge < -0.3 is 10.6 Å². The number of hydrogen-bond acceptors (Lipinski definition) is 3. The summed E-state index contributed by atoms with van der Waals surface area (Å²) in [5.41, 5.74) is 6.26. The van der Waals surface area contributed by atoms with Gasteiger partial charge in [-0.05, 0) is 43.7 Å². The van der Waals surface area contributed by atoms with Gasteiger partial charge in [0.05, 0.1) is 0 Å². The van der Waals surface area contributed by atoms with Gasteiger partial charge in [0, 0.05) is 24.8 Å². The van der Waals surface area contributed by atoms with Crippen LogP contribution in [0, 0.1) is 11.3 Å². The van der Waals surface area contributed by atoms with Crippen molar-refractivity contribution in [1.29, 1.82) is 5.41 Å². The Hall–Kier alpha value is -1.58. The monoisotopic (exact) mass is 246 g/mol. The van der Waals surface area contributed by atoms with E-state index in [1.807, 2.05) is 6.07 Å². The third-order valence-corrected chi connectivity index (χ3v) is 3.95. The van der Waals surface area contributed by atoms with Crippen molar-refractivity contribution in [2.24, 2.45) is 11.7 Å². The van der Waals surface area contributed by atoms with Crippen molar-refractivity contribution in [3.63, 3.8) is 0 Å². The summed E-state index contributed by atoms with van der Waals surface area (Å²) in [6.07, 6.45) is 6.77. The summed E-state index contributed by atoms with van der Waals surface area (Å²) >= 11 is 0. The molecule has 1 saturated carbocycles. The van der Waals surface area contributed by atoms with Gasteiger partial charge >= 0.3 is 0 Å². The van der Waals surface area contributed by atoms with Crippen LogP contribution in [-0.2, 0) is 0 Å². The minimum Gasteiger partial charge on any atom is -0.384 e. The molecule has 1 aliphatic rings. The van der Waals surface area contributed by atoms with E-state index in [1.54, 1.807) is 12.3 Å². The Morgan fingerprint density at radius 3 is 2.67 bits per heavy atom. The van der Waals surface area contributed by atoms with Crippen molar-refractivity contribution in [2.75, 3.05) is 11.9 Å². The predicted molar refractivity (Wildman–Crippen MR) is 75.1 cm³/mol. The molecular formula is C14H22N4. The third kappa shape index (κ3) is 2.81. The van der Waals surface area contributed by atoms with Crippen LogP contribution in [0.1, 0.15) is 38.2 Å². The van der Waals surface area contributed by atoms with Gasteiger partial charge in [-0.25, -0.2) is 4.98 Å². The first-order valence-corrected chi connectivity index (χ1v) is 6.61. The normalized spacial score (nSPS) is 23.7. The van der Waals surface area contributed by atoms with E-state index in [-0.39, 0.29) is 5.84 Å². The number of anilines is 1. The second-order valence-electron chi connectivity index (χ2n) is 5.34. The largest absolute Gasteiger partial charge is 0.384 e. The van der Waals surface area contributed by atoms with Crippen molar-refractivity contribution in [3.05, 3.63) is 23.9 Å². The first-order chi connectivity index (χ1) is 8.58. The number of amidine groups is 1. The standard InChI is InChI=1S/C14H22N4/c1-10-3-5-12(6-4-10)18(2)13-9-11(14(15)16)7-8-17-13/h7-10,12H,3-6H2,1-2H3,(H3,15,16). The molecule has 0 aliphatic heterocycles. The molecule has 1 fully saturated rings. The maximum absolute atomic E-state index is 7.48. The second kappa shape index (κ2) is 5.38. The smallest absolute Gasteiger partial charge is 0.129 e. The molecular weight excluding hydrogens is 224 g/mol. The fraction of sp³-hybridized carbons (Fsp3) is 0.571. The van der Waals surface area contributed by atoms with Gasteiger partial charge in [0.2, 0.25) is 0 Å². The number of hydrogen-bond donors (Lipinski definition) is 2. The van der Waals surface area contributed by atoms with E-state index in [4.69, 9.17) is 11.1 Å². The van der Waals surface area contributed by atoms with E-state index in [9.17, 15) is 0 Å². The Morgan fingerprint density at radius 1 is 1.39 bits per heavy atom. The molecule has 0 unspecified atom stereocenters. The maximum Gasteiger partial charge on any atom is 0.129 e. The lowest BCUT2D eigenvalue weighted by atomic mass is 9.87. The minimum absolute atomic E-state index is 0.101. The number of pyridine rings is 1. The van der Waals surface area contributed by atoms with E-state index < -0.39 is 0 Å². The van der Waals surface area contributed by atoms with Crippen molar-refractivity contribution in [2.45, 2.75) is 38.6 Å². The fourth-order valence-corrected chi connectivity index (χ4v) is 2.60. The minimum atomic E-state index is 0.101. The van der Waals surface area contributed by atoms with E-state index in [0.29, 0.717) is 6.04 Å². The second-order valence-corrected chi connectivity index (χ2v) is 5.34. The Balaban J connectivity index is 2.10. The number of nitrogens with zero attached hydrogens (tertiary/aromatic N) is 2. The average Bonchev–Trinajstić information content (AvgIpc) is 2.39. The number of nitrogen functional groups attached to an aromatic ring is 1. The molecule has 1 aliphatic carbocycles. The predicted octanol–water partition coefficient (Wildman–Crippen LogP) is 2.38. The molecule has 4 heteroatoms. The fourth-order valence-electron chi connectivity index (χ4n) is 2.60. The van der Waals surface area contributed by atoms with Gasteiger partial charge in [-0.2, -0.15) is 0 Å². The molecule has 0 radical (unpaired) electrons. The number of rotatable bonds is 3. The SMILES string of the molecule is CC1CCC(N(C)c2cc(C(=N)N)ccn2)CC1. The molecule has 0 atom stereocenters. The summed E-state index contributed by atoms with van der Waals surface area (Å²) in [6.45, 7) is 2.32. The van der Waals surface area contributed by atoms with Gasteiger partial charge in [-0.3, -0.25) is 5.41 Å². The molecule has 1 aromatic heterocycles. The molecule has 0 aromatic carbocycles. The molecule has 0 amide bonds. The Morgan fingerprint density at radius 2 is 2.06 bits per heavy atom. The van der Waals surface area contributed by atoms with Crippen LogP contribution in [0.3, 0.4) is 0 Å². The Bertz CT molecular complexity index is 422. The molecule has 0 spiro atoms. The Kier molecular flexibility index (Phi) is 3.84. The van der Waals surface area contributed by atoms with E-state index in [0.717, 1.165) is 17.3 Å². The lowest BCUT2D eigenvalue weighted by Gasteiger charge is -2.34. The van der Waals surface area contributed by atoms with Crippen LogP contribution in [0.4, 0.5) is 5.82 Å². The zero-order valence-electron chi connectivity index (χ0n) is 11.2. The lowest BCUT2D eigenvalue weighted by molar-refractivity contribution is 0.340. The molecule has 98 valence electrons. The first-order valence-electron chi connectivity index (χ1n) is 6.61. The van der Waals surface area contributed by atoms with E-state index in [2.05, 4.69) is 23.9 Å². The summed E-state index contributed by atoms with van der Waals surface area (Å²) in [6, 6.07) is 4.25. The highest BCUT2D eigenvalue weighted by molar-refractivity contribution is 5.95. The summed E-state index contributed by atoms with van der Waals surface area (Å²) in [4.78, 5) is 6.62. The van der Waals surface area contributed by atoms with Crippen LogP contribution < -0.4 is 10.6 Å². The molecule has 4 nitrogen and oxygen atoms in total. The van der Waals surface area contributed by atoms with Crippen LogP contribution in [0.2, 0.25) is 0 Å². The summed E-state index contributed by atoms with van der Waals surface area (Å²) in [7, 11) is 2.09. The molecule has 1 heterocycles. The van der Waals surface area contributed by atoms with Crippen LogP contribution >= 0.6 is 0 Å². The topological polar surface area (TPSA) is 66.0 Å². The van der Waals surface area contributed by atoms with Crippen molar-refractivity contribution < 1.29 is 0 Å². The van der Waals surface area contributed by atoms with Gasteiger partial charge in [-0.1, -0.05) is 6.92 Å². The van der Waals surface area contributed by atoms with Crippen LogP contribution in [0.5, 0.6) is 0 Å².